The summed E-state index contributed by atoms with van der Waals surface area (Å²) < 4.78 is 9.90. The third-order valence-electron chi connectivity index (χ3n) is 2.52. The van der Waals surface area contributed by atoms with E-state index in [1.165, 1.54) is 7.11 Å². The van der Waals surface area contributed by atoms with E-state index in [0.29, 0.717) is 0 Å². The third kappa shape index (κ3) is 5.93. The Morgan fingerprint density at radius 1 is 1.40 bits per heavy atom. The Balaban J connectivity index is 2.22. The maximum absolute atomic E-state index is 11.5. The van der Waals surface area contributed by atoms with Gasteiger partial charge in [0.25, 0.3) is 0 Å². The molecule has 1 atom stereocenters. The molecule has 1 amide bonds. The molecule has 0 fully saturated rings. The van der Waals surface area contributed by atoms with Crippen LogP contribution in [0, 0.1) is 6.92 Å². The summed E-state index contributed by atoms with van der Waals surface area (Å²) in [5, 5.41) is 1.67. The molecule has 110 valence electrons. The van der Waals surface area contributed by atoms with Crippen LogP contribution in [0.5, 0.6) is 5.75 Å². The smallest absolute Gasteiger partial charge is 0.325 e. The van der Waals surface area contributed by atoms with Crippen molar-refractivity contribution in [3.05, 3.63) is 29.8 Å². The first kappa shape index (κ1) is 16.3. The van der Waals surface area contributed by atoms with Gasteiger partial charge in [0.2, 0.25) is 5.91 Å². The Kier molecular flexibility index (Phi) is 6.87. The van der Waals surface area contributed by atoms with Crippen molar-refractivity contribution in [2.24, 2.45) is 0 Å². The Morgan fingerprint density at radius 2 is 2.15 bits per heavy atom. The number of carbonyl (C=O) groups excluding carboxylic acids is 2. The molecule has 5 nitrogen and oxygen atoms in total. The Labute approximate surface area is 123 Å². The molecule has 1 unspecified atom stereocenters. The Morgan fingerprint density at radius 3 is 2.80 bits per heavy atom. The molecule has 1 aromatic carbocycles. The second-order valence-electron chi connectivity index (χ2n) is 4.21. The molecule has 0 aliphatic carbocycles. The number of benzene rings is 1. The van der Waals surface area contributed by atoms with Gasteiger partial charge in [0.1, 0.15) is 11.1 Å². The summed E-state index contributed by atoms with van der Waals surface area (Å²) >= 11 is 5.70. The van der Waals surface area contributed by atoms with Crippen LogP contribution < -0.4 is 10.1 Å². The zero-order valence-electron chi connectivity index (χ0n) is 11.5. The topological polar surface area (TPSA) is 64.6 Å². The predicted octanol–water partition coefficient (Wildman–Crippen LogP) is 1.66. The molecule has 20 heavy (non-hydrogen) atoms. The normalized spacial score (nSPS) is 11.6. The van der Waals surface area contributed by atoms with Gasteiger partial charge < -0.3 is 14.8 Å². The van der Waals surface area contributed by atoms with Gasteiger partial charge >= 0.3 is 5.97 Å². The summed E-state index contributed by atoms with van der Waals surface area (Å²) in [5.41, 5.74) is 1.09. The van der Waals surface area contributed by atoms with Crippen LogP contribution in [0.4, 0.5) is 0 Å². The number of methoxy groups -OCH3 is 1. The van der Waals surface area contributed by atoms with Gasteiger partial charge in [-0.15, -0.1) is 11.6 Å². The fourth-order valence-corrected chi connectivity index (χ4v) is 1.64. The summed E-state index contributed by atoms with van der Waals surface area (Å²) in [6.45, 7) is 2.27. The summed E-state index contributed by atoms with van der Waals surface area (Å²) in [6, 6.07) is 7.58. The Hall–Kier alpha value is -1.75. The summed E-state index contributed by atoms with van der Waals surface area (Å²) in [4.78, 5) is 22.5. The molecule has 0 aliphatic heterocycles. The standard InChI is InChI=1S/C14H18ClNO4/c1-10-4-3-5-11(8-10)20-7-6-13(17)16-9-12(15)14(18)19-2/h3-5,8,12H,6-7,9H2,1-2H3,(H,16,17). The highest BCUT2D eigenvalue weighted by atomic mass is 35.5. The summed E-state index contributed by atoms with van der Waals surface area (Å²) in [5.74, 6) is -0.0715. The minimum Gasteiger partial charge on any atom is -0.493 e. The fraction of sp³-hybridized carbons (Fsp3) is 0.429. The van der Waals surface area contributed by atoms with Crippen LogP contribution in [-0.2, 0) is 14.3 Å². The van der Waals surface area contributed by atoms with Crippen molar-refractivity contribution in [1.82, 2.24) is 5.32 Å². The van der Waals surface area contributed by atoms with Crippen molar-refractivity contribution in [3.8, 4) is 5.75 Å². The minimum atomic E-state index is -0.873. The number of halogens is 1. The highest BCUT2D eigenvalue weighted by Crippen LogP contribution is 2.12. The van der Waals surface area contributed by atoms with Crippen molar-refractivity contribution in [3.63, 3.8) is 0 Å². The number of hydrogen-bond donors (Lipinski definition) is 1. The van der Waals surface area contributed by atoms with Gasteiger partial charge in [-0.1, -0.05) is 12.1 Å². The van der Waals surface area contributed by atoms with E-state index in [1.807, 2.05) is 31.2 Å². The quantitative estimate of drug-likeness (QED) is 0.614. The monoisotopic (exact) mass is 299 g/mol. The first-order chi connectivity index (χ1) is 9.52. The molecule has 6 heteroatoms. The fourth-order valence-electron chi connectivity index (χ4n) is 1.47. The number of ether oxygens (including phenoxy) is 2. The number of alkyl halides is 1. The molecule has 0 spiro atoms. The zero-order chi connectivity index (χ0) is 15.0. The van der Waals surface area contributed by atoms with Crippen LogP contribution in [0.25, 0.3) is 0 Å². The molecule has 1 N–H and O–H groups in total. The lowest BCUT2D eigenvalue weighted by Crippen LogP contribution is -2.34. The molecule has 0 aromatic heterocycles. The number of amides is 1. The van der Waals surface area contributed by atoms with E-state index >= 15 is 0 Å². The van der Waals surface area contributed by atoms with Crippen molar-refractivity contribution in [1.29, 1.82) is 0 Å². The van der Waals surface area contributed by atoms with Crippen LogP contribution in [-0.4, -0.2) is 37.5 Å². The van der Waals surface area contributed by atoms with E-state index in [4.69, 9.17) is 16.3 Å². The maximum Gasteiger partial charge on any atom is 0.325 e. The number of aryl methyl sites for hydroxylation is 1. The minimum absolute atomic E-state index is 0.0392. The van der Waals surface area contributed by atoms with Crippen molar-refractivity contribution in [2.45, 2.75) is 18.7 Å². The van der Waals surface area contributed by atoms with Crippen molar-refractivity contribution in [2.75, 3.05) is 20.3 Å². The average Bonchev–Trinajstić information content (AvgIpc) is 2.44. The van der Waals surface area contributed by atoms with E-state index < -0.39 is 11.3 Å². The van der Waals surface area contributed by atoms with Crippen molar-refractivity contribution < 1.29 is 19.1 Å². The largest absolute Gasteiger partial charge is 0.493 e. The average molecular weight is 300 g/mol. The summed E-state index contributed by atoms with van der Waals surface area (Å²) in [6.07, 6.45) is 0.193. The molecule has 0 bridgehead atoms. The first-order valence-corrected chi connectivity index (χ1v) is 6.64. The van der Waals surface area contributed by atoms with Crippen LogP contribution in [0.3, 0.4) is 0 Å². The number of nitrogens with one attached hydrogen (secondary N) is 1. The van der Waals surface area contributed by atoms with Gasteiger partial charge in [-0.05, 0) is 24.6 Å². The van der Waals surface area contributed by atoms with Crippen LogP contribution in [0.2, 0.25) is 0 Å². The van der Waals surface area contributed by atoms with E-state index in [1.54, 1.807) is 0 Å². The molecule has 0 saturated heterocycles. The van der Waals surface area contributed by atoms with Gasteiger partial charge in [0.05, 0.1) is 20.1 Å². The van der Waals surface area contributed by atoms with E-state index in [2.05, 4.69) is 10.1 Å². The highest BCUT2D eigenvalue weighted by Gasteiger charge is 2.16. The highest BCUT2D eigenvalue weighted by molar-refractivity contribution is 6.30. The first-order valence-electron chi connectivity index (χ1n) is 6.21. The Bertz CT molecular complexity index is 464. The number of hydrogen-bond acceptors (Lipinski definition) is 4. The van der Waals surface area contributed by atoms with Gasteiger partial charge in [-0.2, -0.15) is 0 Å². The van der Waals surface area contributed by atoms with Gasteiger partial charge in [-0.3, -0.25) is 9.59 Å². The predicted molar refractivity (Wildman–Crippen MR) is 76.0 cm³/mol. The lowest BCUT2D eigenvalue weighted by molar-refractivity contribution is -0.140. The molecule has 0 heterocycles. The van der Waals surface area contributed by atoms with Gasteiger partial charge in [0, 0.05) is 6.54 Å². The van der Waals surface area contributed by atoms with Gasteiger partial charge in [-0.25, -0.2) is 0 Å². The molecule has 1 aromatic rings. The zero-order valence-corrected chi connectivity index (χ0v) is 12.3. The second-order valence-corrected chi connectivity index (χ2v) is 4.74. The SMILES string of the molecule is COC(=O)C(Cl)CNC(=O)CCOc1cccc(C)c1. The van der Waals surface area contributed by atoms with E-state index in [-0.39, 0.29) is 25.5 Å². The third-order valence-corrected chi connectivity index (χ3v) is 2.86. The molecule has 0 radical (unpaired) electrons. The summed E-state index contributed by atoms with van der Waals surface area (Å²) in [7, 11) is 1.25. The molecular formula is C14H18ClNO4. The van der Waals surface area contributed by atoms with Crippen LogP contribution >= 0.6 is 11.6 Å². The molecular weight excluding hydrogens is 282 g/mol. The lowest BCUT2D eigenvalue weighted by atomic mass is 10.2. The maximum atomic E-state index is 11.5. The molecule has 1 rings (SSSR count). The number of esters is 1. The number of rotatable bonds is 7. The van der Waals surface area contributed by atoms with E-state index in [0.717, 1.165) is 11.3 Å². The van der Waals surface area contributed by atoms with Crippen LogP contribution in [0.15, 0.2) is 24.3 Å². The number of carbonyl (C=O) groups is 2. The second kappa shape index (κ2) is 8.43. The van der Waals surface area contributed by atoms with Crippen LogP contribution in [0.1, 0.15) is 12.0 Å². The van der Waals surface area contributed by atoms with E-state index in [9.17, 15) is 9.59 Å². The molecule has 0 saturated carbocycles. The van der Waals surface area contributed by atoms with Gasteiger partial charge in [0.15, 0.2) is 0 Å². The molecule has 0 aliphatic rings. The van der Waals surface area contributed by atoms with Crippen molar-refractivity contribution >= 4 is 23.5 Å². The lowest BCUT2D eigenvalue weighted by Gasteiger charge is -2.10.